The zero-order valence-corrected chi connectivity index (χ0v) is 17.6. The summed E-state index contributed by atoms with van der Waals surface area (Å²) in [5, 5.41) is 13.1. The van der Waals surface area contributed by atoms with E-state index < -0.39 is 5.67 Å². The second kappa shape index (κ2) is 8.10. The molecule has 3 heterocycles. The first-order valence-electron chi connectivity index (χ1n) is 10.3. The summed E-state index contributed by atoms with van der Waals surface area (Å²) in [7, 11) is 1.83. The van der Waals surface area contributed by atoms with Gasteiger partial charge >= 0.3 is 0 Å². The van der Waals surface area contributed by atoms with Crippen LogP contribution in [0.15, 0.2) is 36.7 Å². The van der Waals surface area contributed by atoms with E-state index in [0.717, 1.165) is 48.0 Å². The van der Waals surface area contributed by atoms with Crippen LogP contribution in [0.3, 0.4) is 0 Å². The fourth-order valence-corrected chi connectivity index (χ4v) is 3.96. The number of anilines is 1. The lowest BCUT2D eigenvalue weighted by Crippen LogP contribution is -2.43. The monoisotopic (exact) mass is 410 g/mol. The summed E-state index contributed by atoms with van der Waals surface area (Å²) in [4.78, 5) is 19.2. The van der Waals surface area contributed by atoms with Crippen molar-refractivity contribution in [1.29, 1.82) is 0 Å². The number of nitrogens with one attached hydrogen (secondary N) is 1. The lowest BCUT2D eigenvalue weighted by molar-refractivity contribution is -0.121. The summed E-state index contributed by atoms with van der Waals surface area (Å²) in [6.45, 7) is 5.05. The highest BCUT2D eigenvalue weighted by Crippen LogP contribution is 2.25. The number of halogens is 1. The topological polar surface area (TPSA) is 75.9 Å². The Bertz CT molecular complexity index is 1050. The van der Waals surface area contributed by atoms with Gasteiger partial charge < -0.3 is 10.2 Å². The number of alkyl halides is 1. The molecule has 0 bridgehead atoms. The van der Waals surface area contributed by atoms with Crippen LogP contribution in [0.2, 0.25) is 0 Å². The van der Waals surface area contributed by atoms with Crippen LogP contribution in [0.25, 0.3) is 22.0 Å². The van der Waals surface area contributed by atoms with Gasteiger partial charge in [-0.15, -0.1) is 5.10 Å². The van der Waals surface area contributed by atoms with Gasteiger partial charge in [-0.05, 0) is 57.3 Å². The SMILES string of the molecule is Cn1cc(-c2ccc3cnc(NC(=O)C4CCN(CC(C)(C)F)CC4)cc3c2)nn1. The summed E-state index contributed by atoms with van der Waals surface area (Å²) in [6, 6.07) is 7.88. The highest BCUT2D eigenvalue weighted by Gasteiger charge is 2.28. The van der Waals surface area contributed by atoms with Gasteiger partial charge in [0.25, 0.3) is 0 Å². The fraction of sp³-hybridized carbons (Fsp3) is 0.455. The van der Waals surface area contributed by atoms with Crippen LogP contribution in [0.4, 0.5) is 10.2 Å². The third-order valence-corrected chi connectivity index (χ3v) is 5.43. The van der Waals surface area contributed by atoms with E-state index in [1.807, 2.05) is 37.5 Å². The number of benzene rings is 1. The first-order chi connectivity index (χ1) is 14.3. The van der Waals surface area contributed by atoms with E-state index in [9.17, 15) is 9.18 Å². The average Bonchev–Trinajstić information content (AvgIpc) is 3.13. The molecule has 1 aliphatic rings. The third kappa shape index (κ3) is 4.81. The minimum atomic E-state index is -1.21. The zero-order valence-electron chi connectivity index (χ0n) is 17.6. The van der Waals surface area contributed by atoms with Crippen molar-refractivity contribution in [3.63, 3.8) is 0 Å². The van der Waals surface area contributed by atoms with Crippen LogP contribution in [-0.2, 0) is 11.8 Å². The number of aryl methyl sites for hydroxylation is 1. The van der Waals surface area contributed by atoms with Gasteiger partial charge in [0.2, 0.25) is 5.91 Å². The van der Waals surface area contributed by atoms with Crippen molar-refractivity contribution in [3.05, 3.63) is 36.7 Å². The molecule has 3 aromatic rings. The molecule has 7 nitrogen and oxygen atoms in total. The first-order valence-corrected chi connectivity index (χ1v) is 10.3. The first kappa shape index (κ1) is 20.4. The van der Waals surface area contributed by atoms with Crippen LogP contribution >= 0.6 is 0 Å². The molecular weight excluding hydrogens is 383 g/mol. The maximum Gasteiger partial charge on any atom is 0.228 e. The molecule has 4 rings (SSSR count). The smallest absolute Gasteiger partial charge is 0.228 e. The Hall–Kier alpha value is -2.87. The molecule has 2 aromatic heterocycles. The largest absolute Gasteiger partial charge is 0.310 e. The van der Waals surface area contributed by atoms with Crippen molar-refractivity contribution in [1.82, 2.24) is 24.9 Å². The summed E-state index contributed by atoms with van der Waals surface area (Å²) in [5.74, 6) is 0.439. The number of carbonyl (C=O) groups is 1. The minimum Gasteiger partial charge on any atom is -0.310 e. The molecule has 1 aliphatic heterocycles. The van der Waals surface area contributed by atoms with Gasteiger partial charge in [0.1, 0.15) is 17.2 Å². The number of hydrogen-bond acceptors (Lipinski definition) is 5. The Balaban J connectivity index is 1.43. The van der Waals surface area contributed by atoms with Gasteiger partial charge in [0.15, 0.2) is 0 Å². The molecule has 0 saturated carbocycles. The number of piperidine rings is 1. The normalized spacial score (nSPS) is 16.1. The summed E-state index contributed by atoms with van der Waals surface area (Å²) >= 11 is 0. The van der Waals surface area contributed by atoms with Gasteiger partial charge in [-0.2, -0.15) is 0 Å². The number of likely N-dealkylation sites (tertiary alicyclic amines) is 1. The molecule has 0 atom stereocenters. The van der Waals surface area contributed by atoms with E-state index in [1.54, 1.807) is 24.7 Å². The van der Waals surface area contributed by atoms with Crippen LogP contribution in [0.5, 0.6) is 0 Å². The number of aromatic nitrogens is 4. The Morgan fingerprint density at radius 3 is 2.67 bits per heavy atom. The molecule has 1 aromatic carbocycles. The van der Waals surface area contributed by atoms with Crippen molar-refractivity contribution >= 4 is 22.5 Å². The van der Waals surface area contributed by atoms with Crippen molar-refractivity contribution in [2.24, 2.45) is 13.0 Å². The second-order valence-corrected chi connectivity index (χ2v) is 8.67. The molecule has 1 N–H and O–H groups in total. The number of carbonyl (C=O) groups excluding carboxylic acids is 1. The van der Waals surface area contributed by atoms with Crippen molar-refractivity contribution in [2.75, 3.05) is 25.0 Å². The summed E-state index contributed by atoms with van der Waals surface area (Å²) in [5.41, 5.74) is 0.543. The maximum absolute atomic E-state index is 13.8. The lowest BCUT2D eigenvalue weighted by Gasteiger charge is -2.33. The number of hydrogen-bond donors (Lipinski definition) is 1. The second-order valence-electron chi connectivity index (χ2n) is 8.67. The Kier molecular flexibility index (Phi) is 5.51. The molecule has 0 radical (unpaired) electrons. The summed E-state index contributed by atoms with van der Waals surface area (Å²) in [6.07, 6.45) is 5.08. The van der Waals surface area contributed by atoms with E-state index in [1.165, 1.54) is 0 Å². The molecule has 0 unspecified atom stereocenters. The molecule has 8 heteroatoms. The van der Waals surface area contributed by atoms with E-state index in [-0.39, 0.29) is 11.8 Å². The lowest BCUT2D eigenvalue weighted by atomic mass is 9.95. The fourth-order valence-electron chi connectivity index (χ4n) is 3.96. The van der Waals surface area contributed by atoms with E-state index in [0.29, 0.717) is 12.4 Å². The van der Waals surface area contributed by atoms with Crippen LogP contribution < -0.4 is 5.32 Å². The number of fused-ring (bicyclic) bond motifs is 1. The van der Waals surface area contributed by atoms with Crippen molar-refractivity contribution < 1.29 is 9.18 Å². The van der Waals surface area contributed by atoms with Gasteiger partial charge in [-0.3, -0.25) is 9.48 Å². The number of nitrogens with zero attached hydrogens (tertiary/aromatic N) is 5. The minimum absolute atomic E-state index is 0.0221. The van der Waals surface area contributed by atoms with E-state index >= 15 is 0 Å². The molecule has 0 aliphatic carbocycles. The highest BCUT2D eigenvalue weighted by molar-refractivity contribution is 5.95. The number of rotatable bonds is 5. The molecule has 1 saturated heterocycles. The number of pyridine rings is 1. The van der Waals surface area contributed by atoms with Gasteiger partial charge in [0, 0.05) is 36.7 Å². The molecule has 1 amide bonds. The molecule has 30 heavy (non-hydrogen) atoms. The van der Waals surface area contributed by atoms with Crippen LogP contribution in [0.1, 0.15) is 26.7 Å². The average molecular weight is 410 g/mol. The molecular formula is C22H27FN6O. The van der Waals surface area contributed by atoms with Gasteiger partial charge in [-0.1, -0.05) is 17.3 Å². The summed E-state index contributed by atoms with van der Waals surface area (Å²) < 4.78 is 15.5. The van der Waals surface area contributed by atoms with E-state index in [2.05, 4.69) is 25.5 Å². The zero-order chi connectivity index (χ0) is 21.3. The quantitative estimate of drug-likeness (QED) is 0.697. The molecule has 158 valence electrons. The van der Waals surface area contributed by atoms with Crippen molar-refractivity contribution in [2.45, 2.75) is 32.4 Å². The number of amides is 1. The maximum atomic E-state index is 13.8. The predicted octanol–water partition coefficient (Wildman–Crippen LogP) is 3.43. The van der Waals surface area contributed by atoms with Crippen LogP contribution in [0, 0.1) is 5.92 Å². The third-order valence-electron chi connectivity index (χ3n) is 5.43. The Morgan fingerprint density at radius 2 is 2.00 bits per heavy atom. The Labute approximate surface area is 175 Å². The highest BCUT2D eigenvalue weighted by atomic mass is 19.1. The van der Waals surface area contributed by atoms with Gasteiger partial charge in [0.05, 0.1) is 6.20 Å². The molecule has 1 fully saturated rings. The Morgan fingerprint density at radius 1 is 1.23 bits per heavy atom. The van der Waals surface area contributed by atoms with Crippen molar-refractivity contribution in [3.8, 4) is 11.3 Å². The molecule has 0 spiro atoms. The van der Waals surface area contributed by atoms with E-state index in [4.69, 9.17) is 0 Å². The standard InChI is InChI=1S/C22H27FN6O/c1-22(2,23)14-29-8-6-15(7-9-29)21(30)25-20-11-18-10-16(4-5-17(18)12-24-20)19-13-28(3)27-26-19/h4-5,10-13,15H,6-9,14H2,1-3H3,(H,24,25,30). The van der Waals surface area contributed by atoms with Crippen LogP contribution in [-0.4, -0.2) is 56.1 Å². The predicted molar refractivity (Wildman–Crippen MR) is 115 cm³/mol. The van der Waals surface area contributed by atoms with Gasteiger partial charge in [-0.25, -0.2) is 9.37 Å².